The smallest absolute Gasteiger partial charge is 0.133 e. The van der Waals surface area contributed by atoms with E-state index in [0.717, 1.165) is 38.5 Å². The standard InChI is InChI=1S/C18H28O3/c19-16-7-4-2-1-3-6-14(10-11-16)15-12-17(20)8-5-9-18(21)13-15/h14-15H,1-13H2. The molecule has 0 aromatic heterocycles. The second-order valence-electron chi connectivity index (χ2n) is 6.89. The Bertz CT molecular complexity index is 368. The van der Waals surface area contributed by atoms with Gasteiger partial charge in [-0.2, -0.15) is 0 Å². The lowest BCUT2D eigenvalue weighted by Gasteiger charge is -2.28. The molecule has 1 unspecified atom stereocenters. The third-order valence-corrected chi connectivity index (χ3v) is 5.13. The Hall–Kier alpha value is -0.990. The zero-order valence-corrected chi connectivity index (χ0v) is 13.1. The van der Waals surface area contributed by atoms with Gasteiger partial charge in [0.2, 0.25) is 0 Å². The fourth-order valence-corrected chi connectivity index (χ4v) is 3.85. The van der Waals surface area contributed by atoms with Gasteiger partial charge in [-0.15, -0.1) is 0 Å². The maximum Gasteiger partial charge on any atom is 0.133 e. The first-order chi connectivity index (χ1) is 10.1. The number of ketones is 3. The molecule has 2 aliphatic carbocycles. The average molecular weight is 292 g/mol. The molecule has 2 fully saturated rings. The SMILES string of the molecule is O=C1CCCCCCC(C2CC(=O)CCCC(=O)C2)CC1. The molecule has 3 nitrogen and oxygen atoms in total. The van der Waals surface area contributed by atoms with Crippen molar-refractivity contribution in [3.05, 3.63) is 0 Å². The molecule has 2 aliphatic rings. The van der Waals surface area contributed by atoms with Crippen molar-refractivity contribution in [2.24, 2.45) is 11.8 Å². The summed E-state index contributed by atoms with van der Waals surface area (Å²) in [6.07, 6.45) is 10.8. The van der Waals surface area contributed by atoms with E-state index in [4.69, 9.17) is 0 Å². The third kappa shape index (κ3) is 5.72. The van der Waals surface area contributed by atoms with Crippen LogP contribution in [-0.4, -0.2) is 17.3 Å². The molecule has 0 saturated heterocycles. The van der Waals surface area contributed by atoms with Crippen molar-refractivity contribution < 1.29 is 14.4 Å². The first kappa shape index (κ1) is 16.4. The van der Waals surface area contributed by atoms with Crippen LogP contribution in [0.25, 0.3) is 0 Å². The maximum atomic E-state index is 12.0. The number of Topliss-reactive ketones (excluding diaryl/α,β-unsaturated/α-hetero) is 3. The van der Waals surface area contributed by atoms with Crippen LogP contribution in [0.2, 0.25) is 0 Å². The number of carbonyl (C=O) groups excluding carboxylic acids is 3. The molecule has 0 radical (unpaired) electrons. The molecule has 21 heavy (non-hydrogen) atoms. The van der Waals surface area contributed by atoms with Crippen molar-refractivity contribution in [3.63, 3.8) is 0 Å². The van der Waals surface area contributed by atoms with E-state index in [0.29, 0.717) is 55.4 Å². The highest BCUT2D eigenvalue weighted by molar-refractivity contribution is 5.84. The monoisotopic (exact) mass is 292 g/mol. The summed E-state index contributed by atoms with van der Waals surface area (Å²) in [5.74, 6) is 1.58. The van der Waals surface area contributed by atoms with Gasteiger partial charge in [-0.3, -0.25) is 14.4 Å². The summed E-state index contributed by atoms with van der Waals surface area (Å²) >= 11 is 0. The minimum atomic E-state index is 0.192. The Labute approximate surface area is 127 Å². The van der Waals surface area contributed by atoms with Crippen molar-refractivity contribution in [1.29, 1.82) is 0 Å². The highest BCUT2D eigenvalue weighted by atomic mass is 16.1. The fourth-order valence-electron chi connectivity index (χ4n) is 3.85. The van der Waals surface area contributed by atoms with Gasteiger partial charge in [0.1, 0.15) is 17.3 Å². The van der Waals surface area contributed by atoms with Crippen LogP contribution in [0.4, 0.5) is 0 Å². The summed E-state index contributed by atoms with van der Waals surface area (Å²) in [5, 5.41) is 0. The molecule has 0 spiro atoms. The van der Waals surface area contributed by atoms with Gasteiger partial charge in [0.05, 0.1) is 0 Å². The lowest BCUT2D eigenvalue weighted by atomic mass is 9.76. The normalized spacial score (nSPS) is 28.0. The van der Waals surface area contributed by atoms with Gasteiger partial charge in [0.15, 0.2) is 0 Å². The Morgan fingerprint density at radius 1 is 0.524 bits per heavy atom. The van der Waals surface area contributed by atoms with Gasteiger partial charge in [-0.25, -0.2) is 0 Å². The maximum absolute atomic E-state index is 12.0. The van der Waals surface area contributed by atoms with E-state index in [2.05, 4.69) is 0 Å². The van der Waals surface area contributed by atoms with Crippen LogP contribution in [0.15, 0.2) is 0 Å². The van der Waals surface area contributed by atoms with Gasteiger partial charge in [-0.1, -0.05) is 25.7 Å². The van der Waals surface area contributed by atoms with E-state index in [9.17, 15) is 14.4 Å². The van der Waals surface area contributed by atoms with E-state index >= 15 is 0 Å². The van der Waals surface area contributed by atoms with Crippen LogP contribution in [-0.2, 0) is 14.4 Å². The number of hydrogen-bond donors (Lipinski definition) is 0. The van der Waals surface area contributed by atoms with E-state index in [1.54, 1.807) is 0 Å². The number of rotatable bonds is 1. The molecule has 118 valence electrons. The average Bonchev–Trinajstić information content (AvgIpc) is 2.43. The summed E-state index contributed by atoms with van der Waals surface area (Å²) in [6.45, 7) is 0. The Morgan fingerprint density at radius 2 is 1.14 bits per heavy atom. The van der Waals surface area contributed by atoms with Gasteiger partial charge in [-0.05, 0) is 31.1 Å². The zero-order chi connectivity index (χ0) is 15.1. The van der Waals surface area contributed by atoms with E-state index < -0.39 is 0 Å². The van der Waals surface area contributed by atoms with Crippen LogP contribution in [0.3, 0.4) is 0 Å². The van der Waals surface area contributed by atoms with Crippen LogP contribution in [0.5, 0.6) is 0 Å². The molecule has 0 N–H and O–H groups in total. The summed E-state index contributed by atoms with van der Waals surface area (Å²) in [6, 6.07) is 0. The first-order valence-electron chi connectivity index (χ1n) is 8.70. The largest absolute Gasteiger partial charge is 0.300 e. The molecular formula is C18H28O3. The van der Waals surface area contributed by atoms with Crippen LogP contribution >= 0.6 is 0 Å². The quantitative estimate of drug-likeness (QED) is 0.733. The Balaban J connectivity index is 2.00. The van der Waals surface area contributed by atoms with E-state index in [1.807, 2.05) is 0 Å². The van der Waals surface area contributed by atoms with Crippen LogP contribution in [0, 0.1) is 11.8 Å². The molecule has 1 atom stereocenters. The topological polar surface area (TPSA) is 51.2 Å². The Kier molecular flexibility index (Phi) is 6.59. The predicted octanol–water partition coefficient (Wildman–Crippen LogP) is 4.02. The minimum absolute atomic E-state index is 0.192. The van der Waals surface area contributed by atoms with E-state index in [1.165, 1.54) is 12.8 Å². The van der Waals surface area contributed by atoms with Gasteiger partial charge < -0.3 is 0 Å². The lowest BCUT2D eigenvalue weighted by molar-refractivity contribution is -0.125. The molecule has 3 heteroatoms. The molecule has 0 aromatic carbocycles. The molecule has 0 aliphatic heterocycles. The number of carbonyl (C=O) groups is 3. The van der Waals surface area contributed by atoms with Crippen LogP contribution < -0.4 is 0 Å². The molecule has 0 bridgehead atoms. The highest BCUT2D eigenvalue weighted by Crippen LogP contribution is 2.33. The summed E-state index contributed by atoms with van der Waals surface area (Å²) < 4.78 is 0. The highest BCUT2D eigenvalue weighted by Gasteiger charge is 2.28. The van der Waals surface area contributed by atoms with E-state index in [-0.39, 0.29) is 5.92 Å². The van der Waals surface area contributed by atoms with Crippen molar-refractivity contribution in [2.75, 3.05) is 0 Å². The summed E-state index contributed by atoms with van der Waals surface area (Å²) in [4.78, 5) is 35.8. The van der Waals surface area contributed by atoms with Crippen molar-refractivity contribution in [2.45, 2.75) is 83.5 Å². The Morgan fingerprint density at radius 3 is 1.86 bits per heavy atom. The van der Waals surface area contributed by atoms with Crippen molar-refractivity contribution in [3.8, 4) is 0 Å². The second-order valence-corrected chi connectivity index (χ2v) is 6.89. The molecule has 2 rings (SSSR count). The predicted molar refractivity (Wildman–Crippen MR) is 82.0 cm³/mol. The summed E-state index contributed by atoms with van der Waals surface area (Å²) in [5.41, 5.74) is 0. The van der Waals surface area contributed by atoms with Gasteiger partial charge >= 0.3 is 0 Å². The van der Waals surface area contributed by atoms with Crippen LogP contribution in [0.1, 0.15) is 83.5 Å². The van der Waals surface area contributed by atoms with Gasteiger partial charge in [0.25, 0.3) is 0 Å². The molecule has 0 heterocycles. The second kappa shape index (κ2) is 8.45. The molecule has 0 aromatic rings. The van der Waals surface area contributed by atoms with Crippen molar-refractivity contribution in [1.82, 2.24) is 0 Å². The molecular weight excluding hydrogens is 264 g/mol. The minimum Gasteiger partial charge on any atom is -0.300 e. The zero-order valence-electron chi connectivity index (χ0n) is 13.1. The molecule has 0 amide bonds. The van der Waals surface area contributed by atoms with Crippen molar-refractivity contribution >= 4 is 17.3 Å². The fraction of sp³-hybridized carbons (Fsp3) is 0.833. The number of hydrogen-bond acceptors (Lipinski definition) is 3. The third-order valence-electron chi connectivity index (χ3n) is 5.13. The summed E-state index contributed by atoms with van der Waals surface area (Å²) in [7, 11) is 0. The lowest BCUT2D eigenvalue weighted by Crippen LogP contribution is -2.25. The molecule has 2 saturated carbocycles. The van der Waals surface area contributed by atoms with Gasteiger partial charge in [0, 0.05) is 38.5 Å². The first-order valence-corrected chi connectivity index (χ1v) is 8.70.